The molecule has 1 aliphatic carbocycles. The molecule has 1 aromatic rings. The maximum atomic E-state index is 12.1. The van der Waals surface area contributed by atoms with Crippen LogP contribution in [0.4, 0.5) is 4.79 Å². The monoisotopic (exact) mass is 396 g/mol. The van der Waals surface area contributed by atoms with E-state index in [4.69, 9.17) is 21.1 Å². The first kappa shape index (κ1) is 21.0. The first-order valence-corrected chi connectivity index (χ1v) is 9.47. The Morgan fingerprint density at radius 3 is 2.30 bits per heavy atom. The van der Waals surface area contributed by atoms with Crippen molar-refractivity contribution in [1.29, 1.82) is 0 Å². The zero-order chi connectivity index (χ0) is 19.8. The van der Waals surface area contributed by atoms with Crippen LogP contribution in [0.3, 0.4) is 0 Å². The zero-order valence-electron chi connectivity index (χ0n) is 15.5. The number of ether oxygens (including phenoxy) is 2. The Bertz CT molecular complexity index is 659. The lowest BCUT2D eigenvalue weighted by Gasteiger charge is -2.23. The third kappa shape index (κ3) is 7.09. The molecule has 0 heterocycles. The van der Waals surface area contributed by atoms with Crippen molar-refractivity contribution in [2.24, 2.45) is 0 Å². The van der Waals surface area contributed by atoms with E-state index in [0.717, 1.165) is 25.7 Å². The summed E-state index contributed by atoms with van der Waals surface area (Å²) in [6, 6.07) is 6.03. The number of halogens is 1. The first-order valence-electron chi connectivity index (χ1n) is 9.09. The van der Waals surface area contributed by atoms with Crippen LogP contribution in [0.1, 0.15) is 46.0 Å². The minimum absolute atomic E-state index is 0.0807. The summed E-state index contributed by atoms with van der Waals surface area (Å²) in [5.74, 6) is -0.941. The minimum Gasteiger partial charge on any atom is -0.479 e. The van der Waals surface area contributed by atoms with Crippen molar-refractivity contribution < 1.29 is 23.9 Å². The van der Waals surface area contributed by atoms with E-state index in [0.29, 0.717) is 10.8 Å². The largest absolute Gasteiger partial charge is 0.479 e. The summed E-state index contributed by atoms with van der Waals surface area (Å²) in [5, 5.41) is 5.53. The Morgan fingerprint density at radius 1 is 1.04 bits per heavy atom. The van der Waals surface area contributed by atoms with Crippen molar-refractivity contribution in [2.45, 2.75) is 64.2 Å². The number of carbonyl (C=O) groups excluding carboxylic acids is 3. The predicted octanol–water partition coefficient (Wildman–Crippen LogP) is 3.20. The molecule has 2 rings (SSSR count). The van der Waals surface area contributed by atoms with Gasteiger partial charge in [-0.25, -0.2) is 9.59 Å². The Kier molecular flexibility index (Phi) is 7.91. The molecule has 27 heavy (non-hydrogen) atoms. The molecule has 1 aromatic carbocycles. The highest BCUT2D eigenvalue weighted by Gasteiger charge is 2.25. The van der Waals surface area contributed by atoms with E-state index in [9.17, 15) is 14.4 Å². The number of carbonyl (C=O) groups is 3. The van der Waals surface area contributed by atoms with E-state index in [1.165, 1.54) is 20.3 Å². The van der Waals surface area contributed by atoms with Gasteiger partial charge >= 0.3 is 12.0 Å². The Labute approximate surface area is 163 Å². The van der Waals surface area contributed by atoms with E-state index in [1.807, 2.05) is 0 Å². The molecule has 148 valence electrons. The van der Waals surface area contributed by atoms with Gasteiger partial charge in [0.15, 0.2) is 12.2 Å². The second kappa shape index (κ2) is 10.2. The van der Waals surface area contributed by atoms with Gasteiger partial charge in [0.05, 0.1) is 0 Å². The molecule has 8 heteroatoms. The summed E-state index contributed by atoms with van der Waals surface area (Å²) in [4.78, 5) is 36.0. The van der Waals surface area contributed by atoms with E-state index < -0.39 is 30.1 Å². The summed E-state index contributed by atoms with van der Waals surface area (Å²) < 4.78 is 10.5. The van der Waals surface area contributed by atoms with Crippen LogP contribution >= 0.6 is 11.6 Å². The number of benzene rings is 1. The summed E-state index contributed by atoms with van der Waals surface area (Å²) in [6.45, 7) is 2.91. The fourth-order valence-electron chi connectivity index (χ4n) is 2.77. The molecular formula is C19H25ClN2O5. The molecule has 7 nitrogen and oxygen atoms in total. The van der Waals surface area contributed by atoms with Crippen LogP contribution in [0.15, 0.2) is 24.3 Å². The standard InChI is InChI=1S/C19H25ClN2O5/c1-12(17(23)22-19(25)21-15-6-4-3-5-7-15)27-18(24)13(2)26-16-10-8-14(20)9-11-16/h8-13,15H,3-7H2,1-2H3,(H2,21,22,23,25)/t12-,13+/m0/s1. The van der Waals surface area contributed by atoms with Crippen molar-refractivity contribution in [1.82, 2.24) is 10.6 Å². The number of esters is 1. The van der Waals surface area contributed by atoms with Crippen molar-refractivity contribution in [2.75, 3.05) is 0 Å². The lowest BCUT2D eigenvalue weighted by Crippen LogP contribution is -2.48. The normalized spacial score (nSPS) is 16.7. The van der Waals surface area contributed by atoms with Crippen LogP contribution in [-0.2, 0) is 14.3 Å². The van der Waals surface area contributed by atoms with Crippen LogP contribution in [0.2, 0.25) is 5.02 Å². The lowest BCUT2D eigenvalue weighted by atomic mass is 9.96. The predicted molar refractivity (Wildman–Crippen MR) is 101 cm³/mol. The highest BCUT2D eigenvalue weighted by molar-refractivity contribution is 6.30. The van der Waals surface area contributed by atoms with Gasteiger partial charge in [-0.2, -0.15) is 0 Å². The van der Waals surface area contributed by atoms with Gasteiger partial charge in [-0.05, 0) is 51.0 Å². The molecule has 2 atom stereocenters. The van der Waals surface area contributed by atoms with E-state index in [1.54, 1.807) is 24.3 Å². The molecular weight excluding hydrogens is 372 g/mol. The van der Waals surface area contributed by atoms with Gasteiger partial charge in [0.25, 0.3) is 5.91 Å². The molecule has 0 bridgehead atoms. The topological polar surface area (TPSA) is 93.7 Å². The molecule has 0 unspecified atom stereocenters. The fraction of sp³-hybridized carbons (Fsp3) is 0.526. The van der Waals surface area contributed by atoms with Crippen LogP contribution in [-0.4, -0.2) is 36.2 Å². The molecule has 1 saturated carbocycles. The summed E-state index contributed by atoms with van der Waals surface area (Å²) >= 11 is 5.79. The Morgan fingerprint density at radius 2 is 1.67 bits per heavy atom. The smallest absolute Gasteiger partial charge is 0.347 e. The maximum absolute atomic E-state index is 12.1. The van der Waals surface area contributed by atoms with Crippen molar-refractivity contribution in [3.63, 3.8) is 0 Å². The number of nitrogens with one attached hydrogen (secondary N) is 2. The van der Waals surface area contributed by atoms with Crippen molar-refractivity contribution in [3.05, 3.63) is 29.3 Å². The number of amides is 3. The zero-order valence-corrected chi connectivity index (χ0v) is 16.3. The number of urea groups is 1. The van der Waals surface area contributed by atoms with Crippen LogP contribution < -0.4 is 15.4 Å². The number of imide groups is 1. The lowest BCUT2D eigenvalue weighted by molar-refractivity contribution is -0.160. The van der Waals surface area contributed by atoms with E-state index in [2.05, 4.69) is 10.6 Å². The molecule has 0 saturated heterocycles. The molecule has 3 amide bonds. The van der Waals surface area contributed by atoms with E-state index >= 15 is 0 Å². The van der Waals surface area contributed by atoms with Crippen LogP contribution in [0, 0.1) is 0 Å². The number of hydrogen-bond donors (Lipinski definition) is 2. The summed E-state index contributed by atoms with van der Waals surface area (Å²) in [5.41, 5.74) is 0. The SMILES string of the molecule is C[C@H](OC(=O)[C@@H](C)Oc1ccc(Cl)cc1)C(=O)NC(=O)NC1CCCCC1. The van der Waals surface area contributed by atoms with Crippen LogP contribution in [0.25, 0.3) is 0 Å². The van der Waals surface area contributed by atoms with Gasteiger partial charge in [0.2, 0.25) is 0 Å². The van der Waals surface area contributed by atoms with Crippen LogP contribution in [0.5, 0.6) is 5.75 Å². The van der Waals surface area contributed by atoms with Gasteiger partial charge in [-0.1, -0.05) is 30.9 Å². The summed E-state index contributed by atoms with van der Waals surface area (Å²) in [6.07, 6.45) is 3.08. The van der Waals surface area contributed by atoms with Gasteiger partial charge in [0.1, 0.15) is 5.75 Å². The minimum atomic E-state index is -1.12. The third-order valence-electron chi connectivity index (χ3n) is 4.30. The van der Waals surface area contributed by atoms with Crippen molar-refractivity contribution >= 4 is 29.5 Å². The number of rotatable bonds is 6. The van der Waals surface area contributed by atoms with Crippen molar-refractivity contribution in [3.8, 4) is 5.75 Å². The summed E-state index contributed by atoms with van der Waals surface area (Å²) in [7, 11) is 0. The Hall–Kier alpha value is -2.28. The molecule has 1 fully saturated rings. The average Bonchev–Trinajstić information content (AvgIpc) is 2.64. The third-order valence-corrected chi connectivity index (χ3v) is 4.55. The van der Waals surface area contributed by atoms with Gasteiger partial charge in [0, 0.05) is 11.1 Å². The molecule has 2 N–H and O–H groups in total. The quantitative estimate of drug-likeness (QED) is 0.720. The molecule has 0 spiro atoms. The molecule has 1 aliphatic rings. The second-order valence-electron chi connectivity index (χ2n) is 6.59. The second-order valence-corrected chi connectivity index (χ2v) is 7.03. The Balaban J connectivity index is 1.75. The van der Waals surface area contributed by atoms with Gasteiger partial charge < -0.3 is 14.8 Å². The fourth-order valence-corrected chi connectivity index (χ4v) is 2.90. The number of hydrogen-bond acceptors (Lipinski definition) is 5. The highest BCUT2D eigenvalue weighted by Crippen LogP contribution is 2.18. The molecule has 0 aliphatic heterocycles. The first-order chi connectivity index (χ1) is 12.8. The maximum Gasteiger partial charge on any atom is 0.347 e. The van der Waals surface area contributed by atoms with Gasteiger partial charge in [-0.3, -0.25) is 10.1 Å². The average molecular weight is 397 g/mol. The molecule has 0 radical (unpaired) electrons. The molecule has 0 aromatic heterocycles. The highest BCUT2D eigenvalue weighted by atomic mass is 35.5. The van der Waals surface area contributed by atoms with Gasteiger partial charge in [-0.15, -0.1) is 0 Å². The van der Waals surface area contributed by atoms with E-state index in [-0.39, 0.29) is 6.04 Å².